The minimum Gasteiger partial charge on any atom is -0.457 e. The standard InChI is InChI=1S/C27H31NO5/c1-25(2,3)33-24(29)28-27(17-30-26(4,5)31-18-27)21-13-11-20-16-23(14-12-19(20)15-21)32-22-9-7-6-8-10-22/h6-16H,17-18H2,1-5H3,(H,28,29). The van der Waals surface area contributed by atoms with E-state index in [2.05, 4.69) is 5.32 Å². The minimum absolute atomic E-state index is 0.264. The number of carbonyl (C=O) groups is 1. The van der Waals surface area contributed by atoms with Gasteiger partial charge in [0.25, 0.3) is 0 Å². The topological polar surface area (TPSA) is 66.0 Å². The second-order valence-electron chi connectivity index (χ2n) is 9.83. The van der Waals surface area contributed by atoms with Crippen molar-refractivity contribution in [3.8, 4) is 11.5 Å². The van der Waals surface area contributed by atoms with Crippen LogP contribution in [-0.4, -0.2) is 30.7 Å². The Hall–Kier alpha value is -3.09. The van der Waals surface area contributed by atoms with Crippen molar-refractivity contribution in [2.24, 2.45) is 0 Å². The van der Waals surface area contributed by atoms with Crippen LogP contribution in [-0.2, 0) is 19.7 Å². The third kappa shape index (κ3) is 5.64. The third-order valence-electron chi connectivity index (χ3n) is 5.42. The molecule has 0 radical (unpaired) electrons. The largest absolute Gasteiger partial charge is 0.457 e. The number of benzene rings is 3. The summed E-state index contributed by atoms with van der Waals surface area (Å²) in [6, 6.07) is 21.7. The van der Waals surface area contributed by atoms with Crippen LogP contribution in [0.1, 0.15) is 40.2 Å². The molecule has 0 saturated carbocycles. The lowest BCUT2D eigenvalue weighted by atomic mass is 9.88. The highest BCUT2D eigenvalue weighted by molar-refractivity contribution is 5.85. The maximum atomic E-state index is 12.7. The number of hydrogen-bond donors (Lipinski definition) is 1. The summed E-state index contributed by atoms with van der Waals surface area (Å²) >= 11 is 0. The average molecular weight is 450 g/mol. The van der Waals surface area contributed by atoms with E-state index in [1.54, 1.807) is 0 Å². The smallest absolute Gasteiger partial charge is 0.408 e. The van der Waals surface area contributed by atoms with E-state index in [1.165, 1.54) is 0 Å². The Morgan fingerprint density at radius 3 is 2.18 bits per heavy atom. The van der Waals surface area contributed by atoms with Gasteiger partial charge in [-0.3, -0.25) is 0 Å². The molecule has 3 aromatic carbocycles. The van der Waals surface area contributed by atoms with Gasteiger partial charge >= 0.3 is 6.09 Å². The van der Waals surface area contributed by atoms with Crippen LogP contribution in [0.5, 0.6) is 11.5 Å². The fourth-order valence-electron chi connectivity index (χ4n) is 3.70. The van der Waals surface area contributed by atoms with E-state index in [9.17, 15) is 4.79 Å². The van der Waals surface area contributed by atoms with E-state index < -0.39 is 23.0 Å². The van der Waals surface area contributed by atoms with Crippen LogP contribution in [0.15, 0.2) is 66.7 Å². The Bertz CT molecular complexity index is 1120. The number of carbonyl (C=O) groups excluding carboxylic acids is 1. The SMILES string of the molecule is CC(C)(C)OC(=O)NC1(c2ccc3cc(Oc4ccccc4)ccc3c2)COC(C)(C)OC1. The number of rotatable bonds is 4. The summed E-state index contributed by atoms with van der Waals surface area (Å²) in [6.07, 6.45) is -0.513. The van der Waals surface area contributed by atoms with E-state index in [-0.39, 0.29) is 13.2 Å². The van der Waals surface area contributed by atoms with Gasteiger partial charge in [-0.25, -0.2) is 4.79 Å². The maximum absolute atomic E-state index is 12.7. The molecule has 0 spiro atoms. The summed E-state index contributed by atoms with van der Waals surface area (Å²) in [7, 11) is 0. The summed E-state index contributed by atoms with van der Waals surface area (Å²) < 4.78 is 23.4. The molecule has 1 aliphatic heterocycles. The molecule has 174 valence electrons. The second-order valence-corrected chi connectivity index (χ2v) is 9.83. The van der Waals surface area contributed by atoms with Gasteiger partial charge in [0, 0.05) is 0 Å². The number of amides is 1. The predicted molar refractivity (Wildman–Crippen MR) is 127 cm³/mol. The first kappa shape index (κ1) is 23.1. The minimum atomic E-state index is -0.870. The van der Waals surface area contributed by atoms with E-state index >= 15 is 0 Å². The van der Waals surface area contributed by atoms with Crippen molar-refractivity contribution in [1.29, 1.82) is 0 Å². The molecule has 0 aromatic heterocycles. The number of ether oxygens (including phenoxy) is 4. The van der Waals surface area contributed by atoms with Crippen molar-refractivity contribution in [2.45, 2.75) is 51.5 Å². The summed E-state index contributed by atoms with van der Waals surface area (Å²) in [5, 5.41) is 5.06. The quantitative estimate of drug-likeness (QED) is 0.519. The predicted octanol–water partition coefficient (Wildman–Crippen LogP) is 6.14. The van der Waals surface area contributed by atoms with Gasteiger partial charge in [0.2, 0.25) is 0 Å². The summed E-state index contributed by atoms with van der Waals surface area (Å²) in [6.45, 7) is 9.75. The number of hydrogen-bond acceptors (Lipinski definition) is 5. The van der Waals surface area contributed by atoms with Gasteiger partial charge in [0.1, 0.15) is 22.6 Å². The highest BCUT2D eigenvalue weighted by Crippen LogP contribution is 2.34. The number of fused-ring (bicyclic) bond motifs is 1. The van der Waals surface area contributed by atoms with Crippen LogP contribution in [0.3, 0.4) is 0 Å². The third-order valence-corrected chi connectivity index (χ3v) is 5.42. The van der Waals surface area contributed by atoms with E-state index in [0.717, 1.165) is 27.8 Å². The molecule has 33 heavy (non-hydrogen) atoms. The van der Waals surface area contributed by atoms with Gasteiger partial charge in [-0.2, -0.15) is 0 Å². The first-order valence-electron chi connectivity index (χ1n) is 11.1. The van der Waals surface area contributed by atoms with Gasteiger partial charge in [-0.1, -0.05) is 36.4 Å². The molecular formula is C27H31NO5. The van der Waals surface area contributed by atoms with Crippen molar-refractivity contribution in [1.82, 2.24) is 5.32 Å². The first-order valence-corrected chi connectivity index (χ1v) is 11.1. The molecule has 1 heterocycles. The van der Waals surface area contributed by atoms with Crippen molar-refractivity contribution < 1.29 is 23.7 Å². The Labute approximate surface area is 194 Å². The number of para-hydroxylation sites is 1. The molecule has 1 saturated heterocycles. The molecule has 0 unspecified atom stereocenters. The zero-order valence-corrected chi connectivity index (χ0v) is 19.8. The van der Waals surface area contributed by atoms with Gasteiger partial charge in [0.05, 0.1) is 13.2 Å². The van der Waals surface area contributed by atoms with E-state index in [0.29, 0.717) is 0 Å². The molecule has 1 aliphatic rings. The molecule has 0 atom stereocenters. The lowest BCUT2D eigenvalue weighted by Crippen LogP contribution is -2.59. The highest BCUT2D eigenvalue weighted by Gasteiger charge is 2.43. The van der Waals surface area contributed by atoms with Crippen LogP contribution in [0, 0.1) is 0 Å². The summed E-state index contributed by atoms with van der Waals surface area (Å²) in [5.74, 6) is 0.821. The van der Waals surface area contributed by atoms with Crippen LogP contribution in [0.25, 0.3) is 10.8 Å². The van der Waals surface area contributed by atoms with Crippen molar-refractivity contribution in [3.63, 3.8) is 0 Å². The summed E-state index contributed by atoms with van der Waals surface area (Å²) in [5.41, 5.74) is -0.599. The molecule has 4 rings (SSSR count). The molecule has 1 fully saturated rings. The molecular weight excluding hydrogens is 418 g/mol. The summed E-state index contributed by atoms with van der Waals surface area (Å²) in [4.78, 5) is 12.7. The van der Waals surface area contributed by atoms with Gasteiger partial charge in [-0.15, -0.1) is 0 Å². The first-order chi connectivity index (χ1) is 15.5. The lowest BCUT2D eigenvalue weighted by molar-refractivity contribution is -0.272. The zero-order chi connectivity index (χ0) is 23.7. The maximum Gasteiger partial charge on any atom is 0.408 e. The molecule has 0 bridgehead atoms. The Morgan fingerprint density at radius 1 is 0.879 bits per heavy atom. The second kappa shape index (κ2) is 8.69. The molecule has 3 aromatic rings. The van der Waals surface area contributed by atoms with Crippen LogP contribution < -0.4 is 10.1 Å². The van der Waals surface area contributed by atoms with Crippen molar-refractivity contribution in [3.05, 3.63) is 72.3 Å². The number of alkyl carbamates (subject to hydrolysis) is 1. The fraction of sp³-hybridized carbons (Fsp3) is 0.370. The van der Waals surface area contributed by atoms with Crippen LogP contribution in [0.2, 0.25) is 0 Å². The molecule has 6 nitrogen and oxygen atoms in total. The number of nitrogens with one attached hydrogen (secondary N) is 1. The molecule has 6 heteroatoms. The Kier molecular flexibility index (Phi) is 6.08. The average Bonchev–Trinajstić information content (AvgIpc) is 2.74. The van der Waals surface area contributed by atoms with Gasteiger partial charge in [0.15, 0.2) is 5.79 Å². The van der Waals surface area contributed by atoms with E-state index in [4.69, 9.17) is 18.9 Å². The Balaban J connectivity index is 1.63. The zero-order valence-electron chi connectivity index (χ0n) is 19.8. The molecule has 1 amide bonds. The normalized spacial score (nSPS) is 17.4. The van der Waals surface area contributed by atoms with Crippen molar-refractivity contribution >= 4 is 16.9 Å². The van der Waals surface area contributed by atoms with Crippen molar-refractivity contribution in [2.75, 3.05) is 13.2 Å². The molecule has 1 N–H and O–H groups in total. The highest BCUT2D eigenvalue weighted by atomic mass is 16.7. The Morgan fingerprint density at radius 2 is 1.52 bits per heavy atom. The fourth-order valence-corrected chi connectivity index (χ4v) is 3.70. The monoisotopic (exact) mass is 449 g/mol. The van der Waals surface area contributed by atoms with E-state index in [1.807, 2.05) is 101 Å². The van der Waals surface area contributed by atoms with Gasteiger partial charge < -0.3 is 24.3 Å². The van der Waals surface area contributed by atoms with Crippen LogP contribution >= 0.6 is 0 Å². The lowest BCUT2D eigenvalue weighted by Gasteiger charge is -2.44. The van der Waals surface area contributed by atoms with Crippen LogP contribution in [0.4, 0.5) is 4.79 Å². The molecule has 0 aliphatic carbocycles. The van der Waals surface area contributed by atoms with Gasteiger partial charge in [-0.05, 0) is 81.3 Å².